The van der Waals surface area contributed by atoms with Crippen molar-refractivity contribution in [2.24, 2.45) is 0 Å². The number of nitrogens with zero attached hydrogens (tertiary/aromatic N) is 2. The highest BCUT2D eigenvalue weighted by Crippen LogP contribution is 2.29. The van der Waals surface area contributed by atoms with E-state index < -0.39 is 0 Å². The van der Waals surface area contributed by atoms with Gasteiger partial charge in [0.2, 0.25) is 5.91 Å². The second-order valence-electron chi connectivity index (χ2n) is 4.88. The summed E-state index contributed by atoms with van der Waals surface area (Å²) in [5.41, 5.74) is 3.21. The van der Waals surface area contributed by atoms with Gasteiger partial charge in [-0.3, -0.25) is 15.0 Å². The third kappa shape index (κ3) is 2.52. The lowest BCUT2D eigenvalue weighted by Crippen LogP contribution is -2.32. The molecule has 0 bridgehead atoms. The van der Waals surface area contributed by atoms with Crippen LogP contribution in [0.25, 0.3) is 0 Å². The average molecular weight is 259 g/mol. The summed E-state index contributed by atoms with van der Waals surface area (Å²) in [7, 11) is 0. The molecule has 3 N–H and O–H groups in total. The van der Waals surface area contributed by atoms with E-state index in [-0.39, 0.29) is 11.8 Å². The highest BCUT2D eigenvalue weighted by atomic mass is 16.1. The monoisotopic (exact) mass is 259 g/mol. The van der Waals surface area contributed by atoms with Crippen LogP contribution in [-0.4, -0.2) is 32.8 Å². The van der Waals surface area contributed by atoms with Crippen LogP contribution in [0.2, 0.25) is 0 Å². The van der Waals surface area contributed by atoms with E-state index in [0.717, 1.165) is 37.1 Å². The van der Waals surface area contributed by atoms with Crippen molar-refractivity contribution in [3.63, 3.8) is 0 Å². The maximum Gasteiger partial charge on any atom is 0.229 e. The lowest BCUT2D eigenvalue weighted by Gasteiger charge is -2.20. The number of aromatic nitrogens is 4. The van der Waals surface area contributed by atoms with E-state index in [0.29, 0.717) is 6.54 Å². The molecule has 6 heteroatoms. The number of rotatable bonds is 4. The molecule has 2 aromatic rings. The molecule has 0 fully saturated rings. The van der Waals surface area contributed by atoms with E-state index in [4.69, 9.17) is 0 Å². The molecule has 2 aromatic heterocycles. The smallest absolute Gasteiger partial charge is 0.229 e. The fourth-order valence-corrected chi connectivity index (χ4v) is 2.59. The number of aryl methyl sites for hydroxylation is 1. The zero-order valence-corrected chi connectivity index (χ0v) is 10.6. The number of amides is 1. The first-order chi connectivity index (χ1) is 9.34. The second kappa shape index (κ2) is 5.26. The molecule has 1 atom stereocenters. The maximum atomic E-state index is 12.2. The van der Waals surface area contributed by atoms with E-state index in [1.807, 2.05) is 12.3 Å². The quantitative estimate of drug-likeness (QED) is 0.762. The summed E-state index contributed by atoms with van der Waals surface area (Å²) in [5.74, 6) is 0.0118. The number of fused-ring (bicyclic) bond motifs is 1. The minimum Gasteiger partial charge on any atom is -0.355 e. The van der Waals surface area contributed by atoms with E-state index in [1.54, 1.807) is 6.20 Å². The number of aromatic amines is 2. The molecule has 0 saturated carbocycles. The molecule has 100 valence electrons. The lowest BCUT2D eigenvalue weighted by molar-refractivity contribution is -0.122. The van der Waals surface area contributed by atoms with Gasteiger partial charge in [-0.05, 0) is 30.9 Å². The van der Waals surface area contributed by atoms with E-state index >= 15 is 0 Å². The summed E-state index contributed by atoms with van der Waals surface area (Å²) in [6, 6.07) is 1.92. The van der Waals surface area contributed by atoms with Crippen molar-refractivity contribution in [2.75, 3.05) is 6.54 Å². The van der Waals surface area contributed by atoms with Crippen LogP contribution in [-0.2, 0) is 17.6 Å². The number of nitrogens with one attached hydrogen (secondary N) is 3. The van der Waals surface area contributed by atoms with Crippen LogP contribution in [0.3, 0.4) is 0 Å². The van der Waals surface area contributed by atoms with Gasteiger partial charge in [-0.1, -0.05) is 0 Å². The summed E-state index contributed by atoms with van der Waals surface area (Å²) in [6.07, 6.45) is 7.28. The Kier molecular flexibility index (Phi) is 3.31. The normalized spacial score (nSPS) is 18.0. The molecule has 3 rings (SSSR count). The van der Waals surface area contributed by atoms with Crippen LogP contribution < -0.4 is 5.32 Å². The Bertz CT molecular complexity index is 545. The SMILES string of the molecule is O=C(NCCc1ccn[nH]1)C1CCCc2cn[nH]c21. The summed E-state index contributed by atoms with van der Waals surface area (Å²) in [4.78, 5) is 12.2. The third-order valence-corrected chi connectivity index (χ3v) is 3.61. The van der Waals surface area contributed by atoms with Gasteiger partial charge in [0.15, 0.2) is 0 Å². The van der Waals surface area contributed by atoms with Gasteiger partial charge in [-0.15, -0.1) is 0 Å². The fraction of sp³-hybridized carbons (Fsp3) is 0.462. The Morgan fingerprint density at radius 3 is 3.21 bits per heavy atom. The van der Waals surface area contributed by atoms with Crippen LogP contribution in [0.5, 0.6) is 0 Å². The van der Waals surface area contributed by atoms with Crippen molar-refractivity contribution in [2.45, 2.75) is 31.6 Å². The Morgan fingerprint density at radius 1 is 1.42 bits per heavy atom. The average Bonchev–Trinajstić information content (AvgIpc) is 3.08. The molecular formula is C13H17N5O. The minimum atomic E-state index is -0.0759. The van der Waals surface area contributed by atoms with Crippen molar-refractivity contribution in [1.29, 1.82) is 0 Å². The topological polar surface area (TPSA) is 86.5 Å². The molecule has 2 heterocycles. The predicted molar refractivity (Wildman–Crippen MR) is 69.6 cm³/mol. The van der Waals surface area contributed by atoms with Gasteiger partial charge in [0, 0.05) is 24.9 Å². The highest BCUT2D eigenvalue weighted by Gasteiger charge is 2.27. The van der Waals surface area contributed by atoms with Gasteiger partial charge >= 0.3 is 0 Å². The van der Waals surface area contributed by atoms with Gasteiger partial charge in [0.05, 0.1) is 17.8 Å². The molecule has 0 aliphatic heterocycles. The van der Waals surface area contributed by atoms with Crippen molar-refractivity contribution >= 4 is 5.91 Å². The van der Waals surface area contributed by atoms with E-state index in [1.165, 1.54) is 5.56 Å². The van der Waals surface area contributed by atoms with Crippen molar-refractivity contribution < 1.29 is 4.79 Å². The van der Waals surface area contributed by atoms with Gasteiger partial charge in [-0.2, -0.15) is 10.2 Å². The first kappa shape index (κ1) is 12.0. The van der Waals surface area contributed by atoms with Crippen LogP contribution in [0.4, 0.5) is 0 Å². The van der Waals surface area contributed by atoms with Crippen LogP contribution >= 0.6 is 0 Å². The van der Waals surface area contributed by atoms with Crippen LogP contribution in [0.1, 0.15) is 35.7 Å². The Balaban J connectivity index is 1.57. The maximum absolute atomic E-state index is 12.2. The first-order valence-corrected chi connectivity index (χ1v) is 6.62. The third-order valence-electron chi connectivity index (χ3n) is 3.61. The Morgan fingerprint density at radius 2 is 2.37 bits per heavy atom. The molecule has 1 aliphatic carbocycles. The molecule has 1 unspecified atom stereocenters. The summed E-state index contributed by atoms with van der Waals surface area (Å²) < 4.78 is 0. The molecule has 19 heavy (non-hydrogen) atoms. The second-order valence-corrected chi connectivity index (χ2v) is 4.88. The van der Waals surface area contributed by atoms with Crippen molar-refractivity contribution in [3.05, 3.63) is 35.4 Å². The first-order valence-electron chi connectivity index (χ1n) is 6.62. The molecule has 0 spiro atoms. The number of H-pyrrole nitrogens is 2. The standard InChI is InChI=1S/C13H17N5O/c19-13(14-6-4-10-5-7-15-17-10)11-3-1-2-9-8-16-18-12(9)11/h5,7-8,11H,1-4,6H2,(H,14,19)(H,15,17)(H,16,18). The molecule has 6 nitrogen and oxygen atoms in total. The summed E-state index contributed by atoms with van der Waals surface area (Å²) in [6.45, 7) is 0.626. The number of hydrogen-bond acceptors (Lipinski definition) is 3. The van der Waals surface area contributed by atoms with Crippen molar-refractivity contribution in [3.8, 4) is 0 Å². The number of hydrogen-bond donors (Lipinski definition) is 3. The van der Waals surface area contributed by atoms with Gasteiger partial charge in [0.1, 0.15) is 0 Å². The largest absolute Gasteiger partial charge is 0.355 e. The van der Waals surface area contributed by atoms with E-state index in [9.17, 15) is 4.79 Å². The number of carbonyl (C=O) groups is 1. The van der Waals surface area contributed by atoms with Crippen LogP contribution in [0, 0.1) is 0 Å². The molecular weight excluding hydrogens is 242 g/mol. The van der Waals surface area contributed by atoms with Crippen molar-refractivity contribution in [1.82, 2.24) is 25.7 Å². The predicted octanol–water partition coefficient (Wildman–Crippen LogP) is 0.912. The van der Waals surface area contributed by atoms with Gasteiger partial charge in [0.25, 0.3) is 0 Å². The number of carbonyl (C=O) groups excluding carboxylic acids is 1. The zero-order chi connectivity index (χ0) is 13.1. The van der Waals surface area contributed by atoms with Gasteiger partial charge in [-0.25, -0.2) is 0 Å². The molecule has 0 aromatic carbocycles. The summed E-state index contributed by atoms with van der Waals surface area (Å²) >= 11 is 0. The molecule has 0 saturated heterocycles. The minimum absolute atomic E-state index is 0.0759. The zero-order valence-electron chi connectivity index (χ0n) is 10.6. The van der Waals surface area contributed by atoms with Gasteiger partial charge < -0.3 is 5.32 Å². The lowest BCUT2D eigenvalue weighted by atomic mass is 9.87. The molecule has 1 aliphatic rings. The van der Waals surface area contributed by atoms with Crippen LogP contribution in [0.15, 0.2) is 18.5 Å². The molecule has 1 amide bonds. The Hall–Kier alpha value is -2.11. The highest BCUT2D eigenvalue weighted by molar-refractivity contribution is 5.83. The Labute approximate surface area is 111 Å². The fourth-order valence-electron chi connectivity index (χ4n) is 2.59. The van der Waals surface area contributed by atoms with E-state index in [2.05, 4.69) is 25.7 Å². The molecule has 0 radical (unpaired) electrons. The summed E-state index contributed by atoms with van der Waals surface area (Å²) in [5, 5.41) is 16.8.